The molecule has 2 aromatic rings. The monoisotopic (exact) mass is 235 g/mol. The van der Waals surface area contributed by atoms with E-state index in [4.69, 9.17) is 9.52 Å². The number of carbonyl (C=O) groups is 1. The first-order valence-electron chi connectivity index (χ1n) is 4.79. The van der Waals surface area contributed by atoms with Gasteiger partial charge in [0.15, 0.2) is 0 Å². The molecule has 0 aliphatic rings. The Morgan fingerprint density at radius 1 is 1.47 bits per heavy atom. The highest BCUT2D eigenvalue weighted by molar-refractivity contribution is 5.87. The van der Waals surface area contributed by atoms with Gasteiger partial charge >= 0.3 is 5.97 Å². The van der Waals surface area contributed by atoms with Gasteiger partial charge in [-0.3, -0.25) is 4.79 Å². The fourth-order valence-electron chi connectivity index (χ4n) is 1.33. The normalized spacial score (nSPS) is 10.4. The van der Waals surface area contributed by atoms with Gasteiger partial charge in [0.05, 0.1) is 5.56 Å². The van der Waals surface area contributed by atoms with E-state index in [1.54, 1.807) is 6.92 Å². The first kappa shape index (κ1) is 11.1. The van der Waals surface area contributed by atoms with Gasteiger partial charge in [-0.05, 0) is 6.07 Å². The summed E-state index contributed by atoms with van der Waals surface area (Å²) in [5, 5.41) is 16.2. The van der Waals surface area contributed by atoms with Crippen molar-refractivity contribution in [2.24, 2.45) is 0 Å². The molecule has 0 aliphatic carbocycles. The van der Waals surface area contributed by atoms with E-state index in [1.165, 1.54) is 22.9 Å². The van der Waals surface area contributed by atoms with E-state index in [9.17, 15) is 9.59 Å². The Hall–Kier alpha value is -2.44. The molecule has 2 rings (SSSR count). The summed E-state index contributed by atoms with van der Waals surface area (Å²) in [6.45, 7) is 1.69. The second-order valence-electron chi connectivity index (χ2n) is 3.40. The zero-order chi connectivity index (χ0) is 12.4. The minimum absolute atomic E-state index is 0.0286. The van der Waals surface area contributed by atoms with Crippen LogP contribution in [-0.4, -0.2) is 25.8 Å². The molecule has 2 aromatic heterocycles. The van der Waals surface area contributed by atoms with Crippen LogP contribution in [0.15, 0.2) is 27.5 Å². The Kier molecular flexibility index (Phi) is 2.73. The van der Waals surface area contributed by atoms with Crippen LogP contribution in [0.5, 0.6) is 0 Å². The summed E-state index contributed by atoms with van der Waals surface area (Å²) in [6, 6.07) is 2.44. The maximum atomic E-state index is 11.5. The van der Waals surface area contributed by atoms with Crippen molar-refractivity contribution in [3.8, 4) is 0 Å². The first-order valence-corrected chi connectivity index (χ1v) is 4.79. The van der Waals surface area contributed by atoms with Crippen molar-refractivity contribution in [3.63, 3.8) is 0 Å². The Morgan fingerprint density at radius 3 is 2.82 bits per heavy atom. The minimum Gasteiger partial charge on any atom is -0.478 e. The lowest BCUT2D eigenvalue weighted by atomic mass is 10.3. The fourth-order valence-corrected chi connectivity index (χ4v) is 1.33. The summed E-state index contributed by atoms with van der Waals surface area (Å²) in [7, 11) is 0. The molecule has 0 aliphatic heterocycles. The maximum Gasteiger partial charge on any atom is 0.337 e. The molecule has 0 atom stereocenters. The van der Waals surface area contributed by atoms with E-state index in [1.807, 2.05) is 0 Å². The molecule has 0 radical (unpaired) electrons. The van der Waals surface area contributed by atoms with Crippen LogP contribution in [0.4, 0.5) is 0 Å². The first-order chi connectivity index (χ1) is 8.06. The number of rotatable bonds is 3. The third-order valence-corrected chi connectivity index (χ3v) is 2.10. The Balaban J connectivity index is 2.35. The highest BCUT2D eigenvalue weighted by atomic mass is 16.4. The van der Waals surface area contributed by atoms with E-state index in [-0.39, 0.29) is 23.6 Å². The molecule has 0 amide bonds. The topological polar surface area (TPSA) is 98.2 Å². The number of carboxylic acid groups (broad SMARTS) is 1. The zero-order valence-corrected chi connectivity index (χ0v) is 8.95. The lowest BCUT2D eigenvalue weighted by molar-refractivity contribution is 0.0695. The van der Waals surface area contributed by atoms with E-state index < -0.39 is 5.97 Å². The largest absolute Gasteiger partial charge is 0.478 e. The average Bonchev–Trinajstić information content (AvgIpc) is 2.67. The molecule has 7 nitrogen and oxygen atoms in total. The fraction of sp³-hybridized carbons (Fsp3) is 0.200. The van der Waals surface area contributed by atoms with Gasteiger partial charge in [0, 0.05) is 19.2 Å². The molecule has 0 spiro atoms. The highest BCUT2D eigenvalue weighted by Gasteiger charge is 2.08. The molecular weight excluding hydrogens is 226 g/mol. The lowest BCUT2D eigenvalue weighted by Crippen LogP contribution is -2.20. The van der Waals surface area contributed by atoms with Gasteiger partial charge in [-0.15, -0.1) is 10.2 Å². The van der Waals surface area contributed by atoms with Crippen LogP contribution in [0, 0.1) is 6.92 Å². The molecule has 88 valence electrons. The van der Waals surface area contributed by atoms with Crippen molar-refractivity contribution in [1.29, 1.82) is 0 Å². The summed E-state index contributed by atoms with van der Waals surface area (Å²) in [5.74, 6) is -0.449. The van der Waals surface area contributed by atoms with Gasteiger partial charge in [-0.1, -0.05) is 0 Å². The van der Waals surface area contributed by atoms with E-state index in [0.29, 0.717) is 5.89 Å². The van der Waals surface area contributed by atoms with E-state index in [2.05, 4.69) is 10.2 Å². The molecule has 0 saturated heterocycles. The van der Waals surface area contributed by atoms with Crippen LogP contribution in [0.2, 0.25) is 0 Å². The molecule has 17 heavy (non-hydrogen) atoms. The molecule has 0 bridgehead atoms. The summed E-state index contributed by atoms with van der Waals surface area (Å²) in [5.41, 5.74) is -0.299. The molecule has 0 fully saturated rings. The van der Waals surface area contributed by atoms with Crippen LogP contribution in [0.25, 0.3) is 0 Å². The SMILES string of the molecule is Cc1nnc(Cn2cc(C(=O)O)ccc2=O)o1. The number of aromatic carboxylic acids is 1. The summed E-state index contributed by atoms with van der Waals surface area (Å²) in [6.07, 6.45) is 1.24. The highest BCUT2D eigenvalue weighted by Crippen LogP contribution is 2.01. The van der Waals surface area contributed by atoms with Crippen molar-refractivity contribution >= 4 is 5.97 Å². The Morgan fingerprint density at radius 2 is 2.24 bits per heavy atom. The molecule has 7 heteroatoms. The number of hydrogen-bond acceptors (Lipinski definition) is 5. The maximum absolute atomic E-state index is 11.5. The molecule has 0 aromatic carbocycles. The summed E-state index contributed by atoms with van der Waals surface area (Å²) >= 11 is 0. The van der Waals surface area contributed by atoms with E-state index >= 15 is 0 Å². The van der Waals surface area contributed by atoms with Crippen molar-refractivity contribution in [1.82, 2.24) is 14.8 Å². The molecule has 1 N–H and O–H groups in total. The predicted octanol–water partition coefficient (Wildman–Crippen LogP) is 0.286. The van der Waals surface area contributed by atoms with Crippen LogP contribution >= 0.6 is 0 Å². The zero-order valence-electron chi connectivity index (χ0n) is 8.95. The van der Waals surface area contributed by atoms with Gasteiger partial charge in [0.1, 0.15) is 6.54 Å². The van der Waals surface area contributed by atoms with Gasteiger partial charge in [0.2, 0.25) is 11.8 Å². The second kappa shape index (κ2) is 4.20. The minimum atomic E-state index is -1.10. The quantitative estimate of drug-likeness (QED) is 0.820. The molecule has 0 unspecified atom stereocenters. The third-order valence-electron chi connectivity index (χ3n) is 2.10. The van der Waals surface area contributed by atoms with E-state index in [0.717, 1.165) is 0 Å². The summed E-state index contributed by atoms with van der Waals surface area (Å²) in [4.78, 5) is 22.2. The van der Waals surface area contributed by atoms with Crippen LogP contribution in [0.1, 0.15) is 22.1 Å². The van der Waals surface area contributed by atoms with Crippen molar-refractivity contribution in [2.45, 2.75) is 13.5 Å². The van der Waals surface area contributed by atoms with Gasteiger partial charge < -0.3 is 14.1 Å². The second-order valence-corrected chi connectivity index (χ2v) is 3.40. The third kappa shape index (κ3) is 2.39. The number of carboxylic acids is 1. The molecule has 2 heterocycles. The number of aryl methyl sites for hydroxylation is 1. The van der Waals surface area contributed by atoms with Crippen molar-refractivity contribution in [2.75, 3.05) is 0 Å². The van der Waals surface area contributed by atoms with Crippen LogP contribution in [-0.2, 0) is 6.54 Å². The number of nitrogens with zero attached hydrogens (tertiary/aromatic N) is 3. The smallest absolute Gasteiger partial charge is 0.337 e. The number of hydrogen-bond donors (Lipinski definition) is 1. The van der Waals surface area contributed by atoms with Gasteiger partial charge in [0.25, 0.3) is 5.56 Å². The van der Waals surface area contributed by atoms with Gasteiger partial charge in [-0.25, -0.2) is 4.79 Å². The van der Waals surface area contributed by atoms with Gasteiger partial charge in [-0.2, -0.15) is 0 Å². The van der Waals surface area contributed by atoms with Crippen LogP contribution in [0.3, 0.4) is 0 Å². The van der Waals surface area contributed by atoms with Crippen LogP contribution < -0.4 is 5.56 Å². The standard InChI is InChI=1S/C10H9N3O4/c1-6-11-12-8(17-6)5-13-4-7(10(15)16)2-3-9(13)14/h2-4H,5H2,1H3,(H,15,16). The molecule has 0 saturated carbocycles. The van der Waals surface area contributed by atoms with Crippen molar-refractivity contribution in [3.05, 3.63) is 46.0 Å². The summed E-state index contributed by atoms with van der Waals surface area (Å²) < 4.78 is 6.32. The van der Waals surface area contributed by atoms with Crippen molar-refractivity contribution < 1.29 is 14.3 Å². The average molecular weight is 235 g/mol. The molecular formula is C10H9N3O4. The predicted molar refractivity (Wildman–Crippen MR) is 55.8 cm³/mol. The number of aromatic nitrogens is 3. The lowest BCUT2D eigenvalue weighted by Gasteiger charge is -2.02. The Labute approximate surface area is 95.3 Å². The Bertz CT molecular complexity index is 614. The number of pyridine rings is 1.